The molecule has 3 aromatic rings. The number of nitrogens with two attached hydrogens (primary N) is 1. The number of nitrogens with zero attached hydrogens (tertiary/aromatic N) is 4. The molecule has 0 unspecified atom stereocenters. The smallest absolute Gasteiger partial charge is 0.270 e. The molecule has 5 N–H and O–H groups in total. The summed E-state index contributed by atoms with van der Waals surface area (Å²) in [5.41, 5.74) is 5.20. The number of hydrogen-bond acceptors (Lipinski definition) is 9. The summed E-state index contributed by atoms with van der Waals surface area (Å²) in [6.07, 6.45) is 1.61. The van der Waals surface area contributed by atoms with Crippen molar-refractivity contribution >= 4 is 39.4 Å². The third-order valence-corrected chi connectivity index (χ3v) is 3.72. The van der Waals surface area contributed by atoms with Crippen LogP contribution in [0, 0.1) is 0 Å². The molecule has 1 amide bonds. The zero-order valence-electron chi connectivity index (χ0n) is 14.5. The van der Waals surface area contributed by atoms with Gasteiger partial charge in [-0.25, -0.2) is 4.98 Å². The Bertz CT molecular complexity index is 939. The summed E-state index contributed by atoms with van der Waals surface area (Å²) in [5.74, 6) is 1.72. The van der Waals surface area contributed by atoms with Gasteiger partial charge in [0.15, 0.2) is 17.3 Å². The van der Waals surface area contributed by atoms with E-state index < -0.39 is 5.91 Å². The Kier molecular flexibility index (Phi) is 5.54. The number of ether oxygens (including phenoxy) is 1. The van der Waals surface area contributed by atoms with Crippen molar-refractivity contribution in [3.63, 3.8) is 0 Å². The van der Waals surface area contributed by atoms with E-state index in [2.05, 4.69) is 51.9 Å². The van der Waals surface area contributed by atoms with Crippen LogP contribution < -0.4 is 21.1 Å². The largest absolute Gasteiger partial charge is 0.474 e. The lowest BCUT2D eigenvalue weighted by Crippen LogP contribution is -2.10. The Hall–Kier alpha value is -3.15. The maximum absolute atomic E-state index is 11.0. The first-order valence-electron chi connectivity index (χ1n) is 7.91. The first kappa shape index (κ1) is 18.6. The van der Waals surface area contributed by atoms with Crippen LogP contribution in [0.25, 0.3) is 0 Å². The molecule has 0 bridgehead atoms. The van der Waals surface area contributed by atoms with E-state index in [9.17, 15) is 4.79 Å². The van der Waals surface area contributed by atoms with E-state index >= 15 is 0 Å². The topological polar surface area (TPSA) is 157 Å². The second kappa shape index (κ2) is 8.03. The zero-order chi connectivity index (χ0) is 19.4. The van der Waals surface area contributed by atoms with Gasteiger partial charge < -0.3 is 25.6 Å². The van der Waals surface area contributed by atoms with E-state index in [0.29, 0.717) is 33.7 Å². The summed E-state index contributed by atoms with van der Waals surface area (Å²) in [5, 5.41) is 16.5. The number of carbonyl (C=O) groups is 1. The summed E-state index contributed by atoms with van der Waals surface area (Å²) < 4.78 is 11.2. The van der Waals surface area contributed by atoms with Gasteiger partial charge >= 0.3 is 0 Å². The first-order valence-corrected chi connectivity index (χ1v) is 8.71. The molecule has 11 nitrogen and oxygen atoms in total. The second-order valence-corrected chi connectivity index (χ2v) is 6.55. The van der Waals surface area contributed by atoms with Gasteiger partial charge in [0.05, 0.1) is 17.1 Å². The molecule has 142 valence electrons. The minimum atomic E-state index is -0.656. The van der Waals surface area contributed by atoms with Crippen molar-refractivity contribution in [1.82, 2.24) is 25.3 Å². The predicted octanol–water partition coefficient (Wildman–Crippen LogP) is 2.19. The van der Waals surface area contributed by atoms with E-state index in [1.807, 2.05) is 13.8 Å². The van der Waals surface area contributed by atoms with Gasteiger partial charge in [0.2, 0.25) is 11.8 Å². The molecule has 0 atom stereocenters. The normalized spacial score (nSPS) is 10.8. The fourth-order valence-electron chi connectivity index (χ4n) is 2.02. The summed E-state index contributed by atoms with van der Waals surface area (Å²) in [7, 11) is 0. The molecule has 3 rings (SSSR count). The van der Waals surface area contributed by atoms with Gasteiger partial charge in [0.25, 0.3) is 5.91 Å². The van der Waals surface area contributed by atoms with Gasteiger partial charge in [-0.2, -0.15) is 4.98 Å². The monoisotopic (exact) mass is 436 g/mol. The molecule has 0 fully saturated rings. The molecule has 0 saturated carbocycles. The van der Waals surface area contributed by atoms with Crippen LogP contribution in [0.4, 0.5) is 17.6 Å². The van der Waals surface area contributed by atoms with Crippen LogP contribution in [0.1, 0.15) is 30.1 Å². The van der Waals surface area contributed by atoms with Gasteiger partial charge in [-0.1, -0.05) is 5.16 Å². The molecule has 0 aliphatic rings. The number of halogens is 1. The zero-order valence-corrected chi connectivity index (χ0v) is 16.1. The molecule has 27 heavy (non-hydrogen) atoms. The first-order chi connectivity index (χ1) is 12.9. The Morgan fingerprint density at radius 2 is 2.26 bits per heavy atom. The number of rotatable bonds is 8. The maximum atomic E-state index is 11.0. The lowest BCUT2D eigenvalue weighted by molar-refractivity contribution is 0.0991. The fourth-order valence-corrected chi connectivity index (χ4v) is 2.31. The highest BCUT2D eigenvalue weighted by atomic mass is 79.9. The molecule has 3 aromatic heterocycles. The number of carbonyl (C=O) groups excluding carboxylic acids is 1. The Morgan fingerprint density at radius 3 is 2.96 bits per heavy atom. The molecule has 0 saturated heterocycles. The van der Waals surface area contributed by atoms with Gasteiger partial charge in [-0.05, 0) is 29.8 Å². The van der Waals surface area contributed by atoms with Crippen molar-refractivity contribution in [2.24, 2.45) is 5.73 Å². The van der Waals surface area contributed by atoms with Crippen molar-refractivity contribution in [3.05, 3.63) is 34.3 Å². The third kappa shape index (κ3) is 4.94. The van der Waals surface area contributed by atoms with Crippen molar-refractivity contribution in [2.45, 2.75) is 26.5 Å². The van der Waals surface area contributed by atoms with Crippen LogP contribution in [0.2, 0.25) is 0 Å². The van der Waals surface area contributed by atoms with Gasteiger partial charge in [-0.15, -0.1) is 5.10 Å². The standard InChI is InChI=1S/C15H17BrN8O3/c1-7(2)26-12-4-11(22-23-12)20-14-9(16)6-19-15(21-14)18-5-8-3-10(13(17)25)24-27-8/h3-4,6-7H,5H2,1-2H3,(H2,17,25)(H3,18,19,20,21,22,23). The van der Waals surface area contributed by atoms with E-state index in [1.165, 1.54) is 6.07 Å². The van der Waals surface area contributed by atoms with E-state index in [0.717, 1.165) is 0 Å². The predicted molar refractivity (Wildman–Crippen MR) is 99.7 cm³/mol. The highest BCUT2D eigenvalue weighted by Gasteiger charge is 2.11. The summed E-state index contributed by atoms with van der Waals surface area (Å²) >= 11 is 3.39. The van der Waals surface area contributed by atoms with Crippen LogP contribution in [0.5, 0.6) is 5.88 Å². The molecule has 3 heterocycles. The highest BCUT2D eigenvalue weighted by Crippen LogP contribution is 2.25. The van der Waals surface area contributed by atoms with E-state index in [-0.39, 0.29) is 18.3 Å². The number of H-pyrrole nitrogens is 1. The number of hydrogen-bond donors (Lipinski definition) is 4. The number of anilines is 3. The number of primary amides is 1. The number of amides is 1. The lowest BCUT2D eigenvalue weighted by Gasteiger charge is -2.08. The minimum Gasteiger partial charge on any atom is -0.474 e. The average Bonchev–Trinajstić information content (AvgIpc) is 3.24. The molecular formula is C15H17BrN8O3. The number of nitrogens with one attached hydrogen (secondary N) is 3. The van der Waals surface area contributed by atoms with Crippen molar-refractivity contribution in [3.8, 4) is 5.88 Å². The second-order valence-electron chi connectivity index (χ2n) is 5.70. The molecule has 0 aliphatic heterocycles. The number of aromatic nitrogens is 5. The summed E-state index contributed by atoms with van der Waals surface area (Å²) in [4.78, 5) is 19.6. The van der Waals surface area contributed by atoms with Gasteiger partial charge in [-0.3, -0.25) is 9.89 Å². The van der Waals surface area contributed by atoms with Gasteiger partial charge in [0, 0.05) is 18.3 Å². The molecule has 12 heteroatoms. The summed E-state index contributed by atoms with van der Waals surface area (Å²) in [6, 6.07) is 3.18. The Labute approximate surface area is 162 Å². The highest BCUT2D eigenvalue weighted by molar-refractivity contribution is 9.10. The molecule has 0 aromatic carbocycles. The molecule has 0 radical (unpaired) electrons. The SMILES string of the molecule is CC(C)Oc1cc(Nc2nc(NCc3cc(C(N)=O)no3)ncc2Br)[nH]n1. The fraction of sp³-hybridized carbons (Fsp3) is 0.267. The lowest BCUT2D eigenvalue weighted by atomic mass is 10.3. The van der Waals surface area contributed by atoms with E-state index in [1.54, 1.807) is 12.3 Å². The maximum Gasteiger partial charge on any atom is 0.270 e. The average molecular weight is 437 g/mol. The number of aromatic amines is 1. The molecular weight excluding hydrogens is 420 g/mol. The van der Waals surface area contributed by atoms with Crippen LogP contribution >= 0.6 is 15.9 Å². The van der Waals surface area contributed by atoms with Crippen molar-refractivity contribution in [1.29, 1.82) is 0 Å². The van der Waals surface area contributed by atoms with Crippen molar-refractivity contribution in [2.75, 3.05) is 10.6 Å². The third-order valence-electron chi connectivity index (χ3n) is 3.14. The van der Waals surface area contributed by atoms with Crippen LogP contribution in [-0.4, -0.2) is 37.3 Å². The van der Waals surface area contributed by atoms with Crippen LogP contribution in [-0.2, 0) is 6.54 Å². The van der Waals surface area contributed by atoms with Crippen molar-refractivity contribution < 1.29 is 14.1 Å². The Morgan fingerprint density at radius 1 is 1.44 bits per heavy atom. The van der Waals surface area contributed by atoms with E-state index in [4.69, 9.17) is 15.0 Å². The van der Waals surface area contributed by atoms with Crippen LogP contribution in [0.15, 0.2) is 27.3 Å². The Balaban J connectivity index is 1.66. The molecule has 0 spiro atoms. The van der Waals surface area contributed by atoms with Crippen LogP contribution in [0.3, 0.4) is 0 Å². The minimum absolute atomic E-state index is 0.0221. The summed E-state index contributed by atoms with van der Waals surface area (Å²) in [6.45, 7) is 4.07. The molecule has 0 aliphatic carbocycles. The van der Waals surface area contributed by atoms with Gasteiger partial charge in [0.1, 0.15) is 5.82 Å². The quantitative estimate of drug-likeness (QED) is 0.415.